The molecule has 1 aliphatic rings. The van der Waals surface area contributed by atoms with Gasteiger partial charge in [-0.15, -0.1) is 0 Å². The van der Waals surface area contributed by atoms with Crippen molar-refractivity contribution in [2.24, 2.45) is 5.73 Å². The lowest BCUT2D eigenvalue weighted by Crippen LogP contribution is -2.52. The molecular weight excluding hydrogens is 201 g/mol. The number of amides is 2. The number of hydrogen-bond acceptors (Lipinski definition) is 3. The highest BCUT2D eigenvalue weighted by molar-refractivity contribution is 6.02. The number of hydrogen-bond donors (Lipinski definition) is 1. The van der Waals surface area contributed by atoms with Crippen LogP contribution in [0.3, 0.4) is 0 Å². The lowest BCUT2D eigenvalue weighted by Gasteiger charge is -2.26. The summed E-state index contributed by atoms with van der Waals surface area (Å²) in [7, 11) is 0. The highest BCUT2D eigenvalue weighted by Gasteiger charge is 2.48. The number of likely N-dealkylation sites (tertiary alicyclic amines) is 1. The molecule has 1 unspecified atom stereocenters. The Hall–Kier alpha value is -1.11. The maximum atomic E-state index is 12.3. The average molecular weight is 210 g/mol. The standard InChI is InChI=1S/C7H9F3N2O2/c8-7(9,10)4(3-11)12-5(13)1-2-6(12)14/h4H,1-3,11H2. The van der Waals surface area contributed by atoms with E-state index in [-0.39, 0.29) is 17.7 Å². The molecule has 0 spiro atoms. The largest absolute Gasteiger partial charge is 0.410 e. The van der Waals surface area contributed by atoms with Crippen LogP contribution in [0.2, 0.25) is 0 Å². The van der Waals surface area contributed by atoms with Gasteiger partial charge in [0.25, 0.3) is 0 Å². The minimum atomic E-state index is -4.65. The second-order valence-electron chi connectivity index (χ2n) is 2.95. The summed E-state index contributed by atoms with van der Waals surface area (Å²) in [4.78, 5) is 22.2. The van der Waals surface area contributed by atoms with Crippen LogP contribution in [0.1, 0.15) is 12.8 Å². The Morgan fingerprint density at radius 2 is 1.71 bits per heavy atom. The van der Waals surface area contributed by atoms with Gasteiger partial charge in [0.15, 0.2) is 0 Å². The number of rotatable bonds is 2. The molecule has 0 aliphatic carbocycles. The van der Waals surface area contributed by atoms with Gasteiger partial charge in [0.1, 0.15) is 6.04 Å². The Kier molecular flexibility index (Phi) is 2.79. The van der Waals surface area contributed by atoms with Crippen LogP contribution in [0, 0.1) is 0 Å². The van der Waals surface area contributed by atoms with Crippen LogP contribution in [0.25, 0.3) is 0 Å². The van der Waals surface area contributed by atoms with Gasteiger partial charge in [-0.25, -0.2) is 0 Å². The van der Waals surface area contributed by atoms with E-state index in [4.69, 9.17) is 5.73 Å². The first kappa shape index (κ1) is 11.0. The fourth-order valence-corrected chi connectivity index (χ4v) is 1.33. The van der Waals surface area contributed by atoms with Crippen molar-refractivity contribution in [1.29, 1.82) is 0 Å². The van der Waals surface area contributed by atoms with Crippen molar-refractivity contribution in [1.82, 2.24) is 4.90 Å². The van der Waals surface area contributed by atoms with Crippen LogP contribution >= 0.6 is 0 Å². The molecule has 80 valence electrons. The van der Waals surface area contributed by atoms with E-state index in [1.807, 2.05) is 0 Å². The normalized spacial score (nSPS) is 20.4. The number of nitrogens with zero attached hydrogens (tertiary/aromatic N) is 1. The molecule has 1 rings (SSSR count). The zero-order valence-corrected chi connectivity index (χ0v) is 7.17. The molecule has 2 N–H and O–H groups in total. The molecular formula is C7H9F3N2O2. The number of alkyl halides is 3. The monoisotopic (exact) mass is 210 g/mol. The first-order valence-corrected chi connectivity index (χ1v) is 3.99. The van der Waals surface area contributed by atoms with Crippen LogP contribution < -0.4 is 5.73 Å². The van der Waals surface area contributed by atoms with Crippen molar-refractivity contribution in [3.05, 3.63) is 0 Å². The molecule has 0 bridgehead atoms. The van der Waals surface area contributed by atoms with E-state index < -0.39 is 30.6 Å². The van der Waals surface area contributed by atoms with Crippen LogP contribution in [0.4, 0.5) is 13.2 Å². The SMILES string of the molecule is NCC(N1C(=O)CCC1=O)C(F)(F)F. The van der Waals surface area contributed by atoms with Gasteiger partial charge in [-0.1, -0.05) is 0 Å². The molecule has 0 radical (unpaired) electrons. The fourth-order valence-electron chi connectivity index (χ4n) is 1.33. The number of carbonyl (C=O) groups is 2. The summed E-state index contributed by atoms with van der Waals surface area (Å²) in [5.74, 6) is -1.61. The van der Waals surface area contributed by atoms with E-state index in [1.165, 1.54) is 0 Å². The maximum Gasteiger partial charge on any atom is 0.410 e. The van der Waals surface area contributed by atoms with Crippen molar-refractivity contribution in [3.63, 3.8) is 0 Å². The molecule has 1 saturated heterocycles. The van der Waals surface area contributed by atoms with Crippen molar-refractivity contribution in [2.75, 3.05) is 6.54 Å². The molecule has 1 atom stereocenters. The molecule has 7 heteroatoms. The van der Waals surface area contributed by atoms with E-state index in [0.717, 1.165) is 0 Å². The molecule has 0 aromatic rings. The Morgan fingerprint density at radius 3 is 2.00 bits per heavy atom. The quantitative estimate of drug-likeness (QED) is 0.654. The van der Waals surface area contributed by atoms with Crippen molar-refractivity contribution < 1.29 is 22.8 Å². The van der Waals surface area contributed by atoms with Crippen LogP contribution in [0.15, 0.2) is 0 Å². The number of imide groups is 1. The maximum absolute atomic E-state index is 12.3. The second-order valence-corrected chi connectivity index (χ2v) is 2.95. The third-order valence-corrected chi connectivity index (χ3v) is 2.00. The summed E-state index contributed by atoms with van der Waals surface area (Å²) in [5.41, 5.74) is 4.90. The topological polar surface area (TPSA) is 63.4 Å². The van der Waals surface area contributed by atoms with Gasteiger partial charge in [-0.2, -0.15) is 13.2 Å². The fraction of sp³-hybridized carbons (Fsp3) is 0.714. The average Bonchev–Trinajstić information content (AvgIpc) is 2.34. The third kappa shape index (κ3) is 1.87. The lowest BCUT2D eigenvalue weighted by molar-refractivity contribution is -0.188. The minimum absolute atomic E-state index is 0.161. The molecule has 2 amide bonds. The summed E-state index contributed by atoms with van der Waals surface area (Å²) in [6.07, 6.45) is -4.97. The first-order valence-electron chi connectivity index (χ1n) is 3.99. The summed E-state index contributed by atoms with van der Waals surface area (Å²) in [6, 6.07) is -2.18. The Balaban J connectivity index is 2.89. The predicted octanol–water partition coefficient (Wildman–Crippen LogP) is 0.0250. The number of halogens is 3. The van der Waals surface area contributed by atoms with Crippen molar-refractivity contribution >= 4 is 11.8 Å². The summed E-state index contributed by atoms with van der Waals surface area (Å²) in [5, 5.41) is 0. The van der Waals surface area contributed by atoms with Gasteiger partial charge in [-0.05, 0) is 0 Å². The molecule has 1 aliphatic heterocycles. The smallest absolute Gasteiger partial charge is 0.328 e. The lowest BCUT2D eigenvalue weighted by atomic mass is 10.2. The van der Waals surface area contributed by atoms with Crippen molar-refractivity contribution in [2.45, 2.75) is 25.1 Å². The highest BCUT2D eigenvalue weighted by atomic mass is 19.4. The van der Waals surface area contributed by atoms with Gasteiger partial charge in [0.05, 0.1) is 0 Å². The molecule has 14 heavy (non-hydrogen) atoms. The van der Waals surface area contributed by atoms with Gasteiger partial charge in [-0.3, -0.25) is 14.5 Å². The van der Waals surface area contributed by atoms with Crippen molar-refractivity contribution in [3.8, 4) is 0 Å². The van der Waals surface area contributed by atoms with Gasteiger partial charge in [0, 0.05) is 19.4 Å². The van der Waals surface area contributed by atoms with Gasteiger partial charge >= 0.3 is 6.18 Å². The molecule has 0 aromatic carbocycles. The van der Waals surface area contributed by atoms with E-state index in [0.29, 0.717) is 0 Å². The molecule has 1 heterocycles. The van der Waals surface area contributed by atoms with E-state index in [9.17, 15) is 22.8 Å². The third-order valence-electron chi connectivity index (χ3n) is 2.00. The van der Waals surface area contributed by atoms with E-state index >= 15 is 0 Å². The second kappa shape index (κ2) is 3.56. The molecule has 0 saturated carbocycles. The van der Waals surface area contributed by atoms with Crippen LogP contribution in [-0.2, 0) is 9.59 Å². The Labute approximate surface area is 77.8 Å². The van der Waals surface area contributed by atoms with E-state index in [2.05, 4.69) is 0 Å². The van der Waals surface area contributed by atoms with Crippen LogP contribution in [0.5, 0.6) is 0 Å². The zero-order chi connectivity index (χ0) is 10.9. The summed E-state index contributed by atoms with van der Waals surface area (Å²) >= 11 is 0. The van der Waals surface area contributed by atoms with E-state index in [1.54, 1.807) is 0 Å². The number of nitrogens with two attached hydrogens (primary N) is 1. The van der Waals surface area contributed by atoms with Crippen LogP contribution in [-0.4, -0.2) is 35.5 Å². The summed E-state index contributed by atoms with van der Waals surface area (Å²) < 4.78 is 36.9. The Bertz CT molecular complexity index is 248. The first-order chi connectivity index (χ1) is 6.38. The Morgan fingerprint density at radius 1 is 1.29 bits per heavy atom. The molecule has 1 fully saturated rings. The number of carbonyl (C=O) groups excluding carboxylic acids is 2. The van der Waals surface area contributed by atoms with Gasteiger partial charge in [0.2, 0.25) is 11.8 Å². The zero-order valence-electron chi connectivity index (χ0n) is 7.17. The molecule has 4 nitrogen and oxygen atoms in total. The minimum Gasteiger partial charge on any atom is -0.328 e. The highest BCUT2D eigenvalue weighted by Crippen LogP contribution is 2.27. The van der Waals surface area contributed by atoms with Gasteiger partial charge < -0.3 is 5.73 Å². The predicted molar refractivity (Wildman–Crippen MR) is 40.0 cm³/mol. The summed E-state index contributed by atoms with van der Waals surface area (Å²) in [6.45, 7) is -0.791. The molecule has 0 aromatic heterocycles.